The van der Waals surface area contributed by atoms with E-state index in [2.05, 4.69) is 9.99 Å². The van der Waals surface area contributed by atoms with Crippen LogP contribution in [0.15, 0.2) is 52.5 Å². The van der Waals surface area contributed by atoms with Crippen LogP contribution < -0.4 is 0 Å². The van der Waals surface area contributed by atoms with Gasteiger partial charge in [0.2, 0.25) is 0 Å². The fourth-order valence-electron chi connectivity index (χ4n) is 1.99. The van der Waals surface area contributed by atoms with Gasteiger partial charge in [0, 0.05) is 17.4 Å². The van der Waals surface area contributed by atoms with Crippen LogP contribution in [0.2, 0.25) is 0 Å². The molecule has 0 N–H and O–H groups in total. The number of nitro benzene ring substituents is 1. The van der Waals surface area contributed by atoms with Gasteiger partial charge in [-0.3, -0.25) is 10.1 Å². The largest absolute Gasteiger partial charge is 0.416 e. The van der Waals surface area contributed by atoms with Crippen LogP contribution in [-0.2, 0) is 16.8 Å². The van der Waals surface area contributed by atoms with Gasteiger partial charge >= 0.3 is 6.18 Å². The third-order valence-electron chi connectivity index (χ3n) is 3.14. The van der Waals surface area contributed by atoms with E-state index in [9.17, 15) is 23.3 Å². The highest BCUT2D eigenvalue weighted by Gasteiger charge is 2.30. The van der Waals surface area contributed by atoms with Crippen molar-refractivity contribution in [1.29, 1.82) is 0 Å². The minimum atomic E-state index is -4.42. The molecule has 0 saturated carbocycles. The molecule has 0 heterocycles. The topological polar surface area (TPSA) is 64.7 Å². The molecule has 9 heteroatoms. The van der Waals surface area contributed by atoms with Crippen molar-refractivity contribution >= 4 is 23.7 Å². The number of hydrogen-bond acceptors (Lipinski definition) is 5. The number of alkyl halides is 3. The lowest BCUT2D eigenvalue weighted by Crippen LogP contribution is -2.04. The number of halogens is 3. The summed E-state index contributed by atoms with van der Waals surface area (Å²) in [6.07, 6.45) is -3.09. The second-order valence-electron chi connectivity index (χ2n) is 4.89. The third-order valence-corrected chi connectivity index (χ3v) is 4.27. The van der Waals surface area contributed by atoms with E-state index in [4.69, 9.17) is 0 Å². The van der Waals surface area contributed by atoms with Crippen molar-refractivity contribution in [1.82, 2.24) is 0 Å². The number of hydrogen-bond donors (Lipinski definition) is 0. The van der Waals surface area contributed by atoms with Crippen molar-refractivity contribution in [2.75, 3.05) is 7.11 Å². The molecular weight excluding hydrogens is 357 g/mol. The van der Waals surface area contributed by atoms with Crippen LogP contribution >= 0.6 is 11.8 Å². The first-order valence-corrected chi connectivity index (χ1v) is 7.93. The molecule has 0 aliphatic heterocycles. The summed E-state index contributed by atoms with van der Waals surface area (Å²) in [5.41, 5.74) is 0.0272. The molecule has 0 unspecified atom stereocenters. The molecular formula is C16H13F3N2O3S. The average Bonchev–Trinajstić information content (AvgIpc) is 2.58. The Morgan fingerprint density at radius 1 is 1.28 bits per heavy atom. The van der Waals surface area contributed by atoms with E-state index in [0.717, 1.165) is 23.9 Å². The summed E-state index contributed by atoms with van der Waals surface area (Å²) in [4.78, 5) is 15.6. The monoisotopic (exact) mass is 370 g/mol. The fourth-order valence-corrected chi connectivity index (χ4v) is 2.94. The smallest absolute Gasteiger partial charge is 0.399 e. The van der Waals surface area contributed by atoms with Crippen molar-refractivity contribution in [3.8, 4) is 0 Å². The summed E-state index contributed by atoms with van der Waals surface area (Å²) in [6.45, 7) is 0. The zero-order valence-corrected chi connectivity index (χ0v) is 13.8. The van der Waals surface area contributed by atoms with E-state index in [0.29, 0.717) is 16.0 Å². The van der Waals surface area contributed by atoms with E-state index >= 15 is 0 Å². The number of benzene rings is 2. The molecule has 0 fully saturated rings. The minimum Gasteiger partial charge on any atom is -0.399 e. The molecule has 0 atom stereocenters. The number of rotatable bonds is 6. The van der Waals surface area contributed by atoms with Crippen molar-refractivity contribution in [3.05, 3.63) is 69.3 Å². The predicted octanol–water partition coefficient (Wildman–Crippen LogP) is 4.89. The van der Waals surface area contributed by atoms with Crippen LogP contribution in [0.4, 0.5) is 18.9 Å². The quantitative estimate of drug-likeness (QED) is 0.314. The normalized spacial score (nSPS) is 11.7. The Balaban J connectivity index is 2.20. The maximum Gasteiger partial charge on any atom is 0.416 e. The molecule has 0 aliphatic carbocycles. The Hall–Kier alpha value is -2.55. The van der Waals surface area contributed by atoms with Crippen LogP contribution in [0.3, 0.4) is 0 Å². The lowest BCUT2D eigenvalue weighted by atomic mass is 10.1. The zero-order valence-electron chi connectivity index (χ0n) is 13.0. The first-order valence-electron chi connectivity index (χ1n) is 6.95. The maximum atomic E-state index is 12.7. The van der Waals surface area contributed by atoms with Crippen LogP contribution in [0.1, 0.15) is 16.7 Å². The second-order valence-corrected chi connectivity index (χ2v) is 5.91. The maximum absolute atomic E-state index is 12.7. The number of nitrogens with zero attached hydrogens (tertiary/aromatic N) is 2. The van der Waals surface area contributed by atoms with Gasteiger partial charge in [0.15, 0.2) is 0 Å². The lowest BCUT2D eigenvalue weighted by Gasteiger charge is -2.09. The van der Waals surface area contributed by atoms with E-state index in [1.807, 2.05) is 0 Å². The SMILES string of the molecule is CON=Cc1ccc(SCc2cccc(C(F)(F)F)c2)c([N+](=O)[O-])c1. The average molecular weight is 370 g/mol. The van der Waals surface area contributed by atoms with Crippen LogP contribution in [0, 0.1) is 10.1 Å². The van der Waals surface area contributed by atoms with Gasteiger partial charge in [0.05, 0.1) is 21.6 Å². The molecule has 0 aromatic heterocycles. The first-order chi connectivity index (χ1) is 11.8. The van der Waals surface area contributed by atoms with E-state index in [-0.39, 0.29) is 11.4 Å². The third kappa shape index (κ3) is 5.21. The number of nitro groups is 1. The van der Waals surface area contributed by atoms with Gasteiger partial charge in [0.1, 0.15) is 7.11 Å². The predicted molar refractivity (Wildman–Crippen MR) is 88.7 cm³/mol. The van der Waals surface area contributed by atoms with Gasteiger partial charge in [-0.2, -0.15) is 13.2 Å². The zero-order chi connectivity index (χ0) is 18.4. The molecule has 0 spiro atoms. The van der Waals surface area contributed by atoms with Crippen LogP contribution in [0.5, 0.6) is 0 Å². The highest BCUT2D eigenvalue weighted by Crippen LogP contribution is 2.34. The fraction of sp³-hybridized carbons (Fsp3) is 0.188. The van der Waals surface area contributed by atoms with Crippen LogP contribution in [-0.4, -0.2) is 18.2 Å². The summed E-state index contributed by atoms with van der Waals surface area (Å²) in [6, 6.07) is 9.37. The molecule has 132 valence electrons. The summed E-state index contributed by atoms with van der Waals surface area (Å²) >= 11 is 1.10. The van der Waals surface area contributed by atoms with Gasteiger partial charge in [-0.1, -0.05) is 29.4 Å². The molecule has 25 heavy (non-hydrogen) atoms. The molecule has 0 saturated heterocycles. The molecule has 2 aromatic rings. The Kier molecular flexibility index (Phi) is 6.02. The standard InChI is InChI=1S/C16H13F3N2O3S/c1-24-20-9-11-5-6-15(14(8-11)21(22)23)25-10-12-3-2-4-13(7-12)16(17,18)19/h2-9H,10H2,1H3. The molecule has 2 aromatic carbocycles. The lowest BCUT2D eigenvalue weighted by molar-refractivity contribution is -0.387. The summed E-state index contributed by atoms with van der Waals surface area (Å²) in [7, 11) is 1.35. The highest BCUT2D eigenvalue weighted by atomic mass is 32.2. The van der Waals surface area contributed by atoms with E-state index in [1.165, 1.54) is 31.5 Å². The Bertz CT molecular complexity index is 794. The van der Waals surface area contributed by atoms with Crippen molar-refractivity contribution < 1.29 is 22.9 Å². The Morgan fingerprint density at radius 3 is 2.68 bits per heavy atom. The first kappa shape index (κ1) is 18.8. The summed E-state index contributed by atoms with van der Waals surface area (Å²) in [5, 5.41) is 14.7. The molecule has 2 rings (SSSR count). The van der Waals surface area contributed by atoms with Crippen molar-refractivity contribution in [3.63, 3.8) is 0 Å². The molecule has 0 aliphatic rings. The molecule has 0 amide bonds. The Morgan fingerprint density at radius 2 is 2.04 bits per heavy atom. The second kappa shape index (κ2) is 8.02. The summed E-state index contributed by atoms with van der Waals surface area (Å²) < 4.78 is 38.2. The Labute approximate surface area is 145 Å². The van der Waals surface area contributed by atoms with Crippen molar-refractivity contribution in [2.24, 2.45) is 5.16 Å². The van der Waals surface area contributed by atoms with Gasteiger partial charge in [-0.05, 0) is 17.7 Å². The highest BCUT2D eigenvalue weighted by molar-refractivity contribution is 7.98. The molecule has 0 radical (unpaired) electrons. The van der Waals surface area contributed by atoms with E-state index < -0.39 is 16.7 Å². The van der Waals surface area contributed by atoms with Crippen molar-refractivity contribution in [2.45, 2.75) is 16.8 Å². The van der Waals surface area contributed by atoms with Crippen LogP contribution in [0.25, 0.3) is 0 Å². The molecule has 0 bridgehead atoms. The van der Waals surface area contributed by atoms with E-state index in [1.54, 1.807) is 12.1 Å². The van der Waals surface area contributed by atoms with Gasteiger partial charge in [0.25, 0.3) is 5.69 Å². The number of oxime groups is 1. The van der Waals surface area contributed by atoms with Gasteiger partial charge in [-0.25, -0.2) is 0 Å². The van der Waals surface area contributed by atoms with Gasteiger partial charge < -0.3 is 4.84 Å². The minimum absolute atomic E-state index is 0.142. The number of thioether (sulfide) groups is 1. The molecule has 5 nitrogen and oxygen atoms in total. The van der Waals surface area contributed by atoms with Gasteiger partial charge in [-0.15, -0.1) is 11.8 Å². The summed E-state index contributed by atoms with van der Waals surface area (Å²) in [5.74, 6) is 0.177.